The van der Waals surface area contributed by atoms with Crippen molar-refractivity contribution in [2.45, 2.75) is 39.2 Å². The molecule has 25 heavy (non-hydrogen) atoms. The molecule has 0 aliphatic heterocycles. The van der Waals surface area contributed by atoms with Gasteiger partial charge in [0.05, 0.1) is 17.6 Å². The predicted molar refractivity (Wildman–Crippen MR) is 97.7 cm³/mol. The summed E-state index contributed by atoms with van der Waals surface area (Å²) in [4.78, 5) is 19.6. The number of nitrogens with zero attached hydrogens (tertiary/aromatic N) is 2. The quantitative estimate of drug-likeness (QED) is 0.701. The highest BCUT2D eigenvalue weighted by molar-refractivity contribution is 6.06. The van der Waals surface area contributed by atoms with Crippen molar-refractivity contribution in [3.8, 4) is 0 Å². The summed E-state index contributed by atoms with van der Waals surface area (Å²) < 4.78 is 5.61. The summed E-state index contributed by atoms with van der Waals surface area (Å²) in [5.41, 5.74) is 3.82. The zero-order chi connectivity index (χ0) is 17.6. The highest BCUT2D eigenvalue weighted by atomic mass is 16.3. The molecule has 0 saturated heterocycles. The van der Waals surface area contributed by atoms with Gasteiger partial charge in [0.25, 0.3) is 5.91 Å². The molecule has 4 nitrogen and oxygen atoms in total. The summed E-state index contributed by atoms with van der Waals surface area (Å²) in [5, 5.41) is 0.928. The summed E-state index contributed by atoms with van der Waals surface area (Å²) in [6, 6.07) is 12.0. The molecule has 4 rings (SSSR count). The Bertz CT molecular complexity index is 954. The van der Waals surface area contributed by atoms with E-state index in [1.54, 1.807) is 4.90 Å². The highest BCUT2D eigenvalue weighted by Crippen LogP contribution is 2.40. The van der Waals surface area contributed by atoms with Crippen molar-refractivity contribution in [3.05, 3.63) is 64.7 Å². The molecule has 0 spiro atoms. The van der Waals surface area contributed by atoms with Crippen molar-refractivity contribution in [1.29, 1.82) is 0 Å². The maximum Gasteiger partial charge on any atom is 0.254 e. The van der Waals surface area contributed by atoms with Crippen LogP contribution in [0.2, 0.25) is 0 Å². The molecule has 0 atom stereocenters. The second-order valence-electron chi connectivity index (χ2n) is 7.06. The monoisotopic (exact) mass is 334 g/mol. The van der Waals surface area contributed by atoms with E-state index >= 15 is 0 Å². The number of benzene rings is 1. The third-order valence-corrected chi connectivity index (χ3v) is 4.75. The number of furan rings is 1. The Labute approximate surface area is 147 Å². The maximum atomic E-state index is 13.1. The lowest BCUT2D eigenvalue weighted by Gasteiger charge is -2.18. The summed E-state index contributed by atoms with van der Waals surface area (Å²) in [5.74, 6) is 2.17. The molecule has 4 heteroatoms. The van der Waals surface area contributed by atoms with Gasteiger partial charge < -0.3 is 9.32 Å². The first-order chi connectivity index (χ1) is 12.0. The van der Waals surface area contributed by atoms with Gasteiger partial charge in [0, 0.05) is 24.0 Å². The van der Waals surface area contributed by atoms with Crippen LogP contribution in [0.25, 0.3) is 10.9 Å². The Morgan fingerprint density at radius 2 is 2.00 bits per heavy atom. The van der Waals surface area contributed by atoms with Crippen LogP contribution in [-0.4, -0.2) is 22.8 Å². The van der Waals surface area contributed by atoms with E-state index in [-0.39, 0.29) is 5.91 Å². The zero-order valence-electron chi connectivity index (χ0n) is 14.9. The summed E-state index contributed by atoms with van der Waals surface area (Å²) in [6.45, 7) is 4.41. The Hall–Kier alpha value is -2.62. The SMILES string of the molecule is Cc1ccc2nc(C3CC3)cc(C(=O)N(C)Cc3ccc(C)o3)c2c1. The van der Waals surface area contributed by atoms with E-state index in [0.717, 1.165) is 39.2 Å². The zero-order valence-corrected chi connectivity index (χ0v) is 14.9. The maximum absolute atomic E-state index is 13.1. The number of pyridine rings is 1. The molecule has 1 aliphatic carbocycles. The molecular weight excluding hydrogens is 312 g/mol. The normalized spacial score (nSPS) is 14.0. The number of amides is 1. The van der Waals surface area contributed by atoms with Gasteiger partial charge in [-0.05, 0) is 57.0 Å². The van der Waals surface area contributed by atoms with Crippen LogP contribution in [-0.2, 0) is 6.54 Å². The van der Waals surface area contributed by atoms with E-state index in [1.165, 1.54) is 12.8 Å². The largest absolute Gasteiger partial charge is 0.464 e. The van der Waals surface area contributed by atoms with Gasteiger partial charge in [-0.2, -0.15) is 0 Å². The van der Waals surface area contributed by atoms with Crippen molar-refractivity contribution in [2.24, 2.45) is 0 Å². The van der Waals surface area contributed by atoms with E-state index < -0.39 is 0 Å². The van der Waals surface area contributed by atoms with Crippen molar-refractivity contribution in [2.75, 3.05) is 7.05 Å². The minimum atomic E-state index is 0.00829. The third kappa shape index (κ3) is 3.16. The van der Waals surface area contributed by atoms with Crippen molar-refractivity contribution >= 4 is 16.8 Å². The third-order valence-electron chi connectivity index (χ3n) is 4.75. The lowest BCUT2D eigenvalue weighted by atomic mass is 10.0. The smallest absolute Gasteiger partial charge is 0.254 e. The Morgan fingerprint density at radius 3 is 2.68 bits per heavy atom. The molecule has 128 valence electrons. The van der Waals surface area contributed by atoms with Crippen LogP contribution in [0.1, 0.15) is 51.9 Å². The number of aryl methyl sites for hydroxylation is 2. The van der Waals surface area contributed by atoms with E-state index in [2.05, 4.69) is 12.1 Å². The first-order valence-electron chi connectivity index (χ1n) is 8.73. The summed E-state index contributed by atoms with van der Waals surface area (Å²) in [6.07, 6.45) is 2.33. The second kappa shape index (κ2) is 6.03. The highest BCUT2D eigenvalue weighted by Gasteiger charge is 2.27. The van der Waals surface area contributed by atoms with Crippen LogP contribution >= 0.6 is 0 Å². The lowest BCUT2D eigenvalue weighted by Crippen LogP contribution is -2.26. The molecular formula is C21H22N2O2. The number of hydrogen-bond donors (Lipinski definition) is 0. The van der Waals surface area contributed by atoms with Gasteiger partial charge in [-0.3, -0.25) is 9.78 Å². The summed E-state index contributed by atoms with van der Waals surface area (Å²) >= 11 is 0. The number of aromatic nitrogens is 1. The molecule has 0 unspecified atom stereocenters. The fourth-order valence-corrected chi connectivity index (χ4v) is 3.21. The fourth-order valence-electron chi connectivity index (χ4n) is 3.21. The molecule has 1 aromatic carbocycles. The molecule has 2 heterocycles. The van der Waals surface area contributed by atoms with Crippen LogP contribution in [0, 0.1) is 13.8 Å². The van der Waals surface area contributed by atoms with E-state index in [0.29, 0.717) is 12.5 Å². The number of rotatable bonds is 4. The average molecular weight is 334 g/mol. The predicted octanol–water partition coefficient (Wildman–Crippen LogP) is 4.59. The standard InChI is InChI=1S/C21H22N2O2/c1-13-4-9-19-17(10-13)18(11-20(22-19)15-6-7-15)21(24)23(3)12-16-8-5-14(2)25-16/h4-5,8-11,15H,6-7,12H2,1-3H3. The molecule has 1 amide bonds. The fraction of sp³-hybridized carbons (Fsp3) is 0.333. The molecule has 1 aliphatic rings. The van der Waals surface area contributed by atoms with Gasteiger partial charge in [-0.15, -0.1) is 0 Å². The van der Waals surface area contributed by atoms with E-state index in [9.17, 15) is 4.79 Å². The molecule has 0 radical (unpaired) electrons. The molecule has 3 aromatic rings. The average Bonchev–Trinajstić information content (AvgIpc) is 3.36. The molecule has 1 saturated carbocycles. The lowest BCUT2D eigenvalue weighted by molar-refractivity contribution is 0.0777. The van der Waals surface area contributed by atoms with Crippen LogP contribution in [0.4, 0.5) is 0 Å². The molecule has 0 N–H and O–H groups in total. The molecule has 1 fully saturated rings. The van der Waals surface area contributed by atoms with Gasteiger partial charge in [-0.25, -0.2) is 0 Å². The summed E-state index contributed by atoms with van der Waals surface area (Å²) in [7, 11) is 1.82. The van der Waals surface area contributed by atoms with Gasteiger partial charge in [0.2, 0.25) is 0 Å². The first kappa shape index (κ1) is 15.9. The van der Waals surface area contributed by atoms with Crippen LogP contribution in [0.3, 0.4) is 0 Å². The number of carbonyl (C=O) groups is 1. The van der Waals surface area contributed by atoms with Gasteiger partial charge in [0.15, 0.2) is 0 Å². The van der Waals surface area contributed by atoms with Gasteiger partial charge >= 0.3 is 0 Å². The van der Waals surface area contributed by atoms with E-state index in [4.69, 9.17) is 9.40 Å². The number of carbonyl (C=O) groups excluding carboxylic acids is 1. The number of hydrogen-bond acceptors (Lipinski definition) is 3. The van der Waals surface area contributed by atoms with Crippen LogP contribution < -0.4 is 0 Å². The second-order valence-corrected chi connectivity index (χ2v) is 7.06. The van der Waals surface area contributed by atoms with Gasteiger partial charge in [0.1, 0.15) is 11.5 Å². The van der Waals surface area contributed by atoms with Crippen LogP contribution in [0.5, 0.6) is 0 Å². The Morgan fingerprint density at radius 1 is 1.20 bits per heavy atom. The van der Waals surface area contributed by atoms with Crippen LogP contribution in [0.15, 0.2) is 40.8 Å². The van der Waals surface area contributed by atoms with Gasteiger partial charge in [-0.1, -0.05) is 11.6 Å². The van der Waals surface area contributed by atoms with Crippen molar-refractivity contribution in [3.63, 3.8) is 0 Å². The topological polar surface area (TPSA) is 46.3 Å². The minimum Gasteiger partial charge on any atom is -0.464 e. The molecule has 0 bridgehead atoms. The first-order valence-corrected chi connectivity index (χ1v) is 8.73. The minimum absolute atomic E-state index is 0.00829. The van der Waals surface area contributed by atoms with Crippen molar-refractivity contribution < 1.29 is 9.21 Å². The Kier molecular flexibility index (Phi) is 3.83. The molecule has 2 aromatic heterocycles. The number of fused-ring (bicyclic) bond motifs is 1. The Balaban J connectivity index is 1.72. The van der Waals surface area contributed by atoms with Crippen molar-refractivity contribution in [1.82, 2.24) is 9.88 Å². The van der Waals surface area contributed by atoms with E-state index in [1.807, 2.05) is 45.2 Å².